The molecule has 1 unspecified atom stereocenters. The Labute approximate surface area is 207 Å². The lowest BCUT2D eigenvalue weighted by atomic mass is 10.0. The molecule has 1 aromatic carbocycles. The molecule has 5 rings (SSSR count). The van der Waals surface area contributed by atoms with Crippen LogP contribution in [0.15, 0.2) is 36.5 Å². The molecule has 34 heavy (non-hydrogen) atoms. The summed E-state index contributed by atoms with van der Waals surface area (Å²) < 4.78 is 0. The summed E-state index contributed by atoms with van der Waals surface area (Å²) in [4.78, 5) is 29.1. The zero-order valence-corrected chi connectivity index (χ0v) is 20.6. The Kier molecular flexibility index (Phi) is 7.50. The molecule has 0 radical (unpaired) electrons. The van der Waals surface area contributed by atoms with Crippen molar-refractivity contribution < 1.29 is 4.79 Å². The maximum absolute atomic E-state index is 12.8. The number of piperidine rings is 1. The van der Waals surface area contributed by atoms with Crippen LogP contribution in [0.25, 0.3) is 0 Å². The summed E-state index contributed by atoms with van der Waals surface area (Å²) >= 11 is 6.07. The molecule has 3 aliphatic rings. The van der Waals surface area contributed by atoms with Gasteiger partial charge in [0.05, 0.1) is 0 Å². The van der Waals surface area contributed by atoms with Gasteiger partial charge in [-0.25, -0.2) is 4.98 Å². The van der Waals surface area contributed by atoms with Crippen molar-refractivity contribution in [2.45, 2.75) is 57.0 Å². The third-order valence-corrected chi connectivity index (χ3v) is 7.70. The number of benzene rings is 1. The third-order valence-electron chi connectivity index (χ3n) is 7.46. The fourth-order valence-corrected chi connectivity index (χ4v) is 5.74. The van der Waals surface area contributed by atoms with Gasteiger partial charge in [0.15, 0.2) is 0 Å². The summed E-state index contributed by atoms with van der Waals surface area (Å²) in [6.07, 6.45) is 10.1. The van der Waals surface area contributed by atoms with E-state index < -0.39 is 0 Å². The highest BCUT2D eigenvalue weighted by Crippen LogP contribution is 2.25. The summed E-state index contributed by atoms with van der Waals surface area (Å²) in [6.45, 7) is 5.86. The highest BCUT2D eigenvalue weighted by atomic mass is 35.5. The number of rotatable bonds is 5. The van der Waals surface area contributed by atoms with Crippen LogP contribution in [0.4, 0.5) is 11.8 Å². The zero-order valence-electron chi connectivity index (χ0n) is 19.8. The van der Waals surface area contributed by atoms with Crippen LogP contribution in [0.2, 0.25) is 5.02 Å². The van der Waals surface area contributed by atoms with Gasteiger partial charge in [0.1, 0.15) is 5.82 Å². The lowest BCUT2D eigenvalue weighted by molar-refractivity contribution is 0.0643. The molecule has 0 bridgehead atoms. The Morgan fingerprint density at radius 3 is 2.53 bits per heavy atom. The molecule has 0 spiro atoms. The highest BCUT2D eigenvalue weighted by Gasteiger charge is 2.32. The van der Waals surface area contributed by atoms with Crippen LogP contribution in [-0.4, -0.2) is 77.0 Å². The fourth-order valence-electron chi connectivity index (χ4n) is 5.55. The third kappa shape index (κ3) is 5.63. The van der Waals surface area contributed by atoms with Crippen molar-refractivity contribution in [3.63, 3.8) is 0 Å². The van der Waals surface area contributed by atoms with Crippen molar-refractivity contribution in [1.29, 1.82) is 0 Å². The molecule has 182 valence electrons. The molecule has 0 saturated carbocycles. The number of halogens is 1. The highest BCUT2D eigenvalue weighted by molar-refractivity contribution is 6.30. The van der Waals surface area contributed by atoms with E-state index in [1.165, 1.54) is 25.7 Å². The Morgan fingerprint density at radius 1 is 0.971 bits per heavy atom. The number of nitrogens with one attached hydrogen (secondary N) is 1. The molecule has 1 amide bonds. The average molecular weight is 483 g/mol. The molecule has 0 aliphatic carbocycles. The van der Waals surface area contributed by atoms with Crippen molar-refractivity contribution in [3.8, 4) is 0 Å². The molecule has 3 aliphatic heterocycles. The standard InChI is InChI=1S/C26H35ClN6O/c27-21-7-5-6-20(18-21)25(34)32-16-10-23(11-17-32)33-15-9-22(19-33)29-26-28-12-8-24(30-26)31-13-3-1-2-4-14-31/h5-8,12,18,22-23H,1-4,9-11,13-17,19H2,(H,28,29,30). The second kappa shape index (κ2) is 10.9. The minimum atomic E-state index is 0.0864. The van der Waals surface area contributed by atoms with E-state index in [1.54, 1.807) is 12.1 Å². The predicted molar refractivity (Wildman–Crippen MR) is 137 cm³/mol. The van der Waals surface area contributed by atoms with Gasteiger partial charge in [0.2, 0.25) is 5.95 Å². The second-order valence-electron chi connectivity index (χ2n) is 9.80. The van der Waals surface area contributed by atoms with E-state index in [9.17, 15) is 4.79 Å². The number of carbonyl (C=O) groups is 1. The van der Waals surface area contributed by atoms with Gasteiger partial charge in [-0.15, -0.1) is 0 Å². The number of likely N-dealkylation sites (tertiary alicyclic amines) is 2. The van der Waals surface area contributed by atoms with E-state index >= 15 is 0 Å². The first-order valence-electron chi connectivity index (χ1n) is 12.8. The number of carbonyl (C=O) groups excluding carboxylic acids is 1. The number of hydrogen-bond donors (Lipinski definition) is 1. The van der Waals surface area contributed by atoms with Crippen molar-refractivity contribution >= 4 is 29.3 Å². The molecular weight excluding hydrogens is 448 g/mol. The summed E-state index contributed by atoms with van der Waals surface area (Å²) in [6, 6.07) is 10.2. The Balaban J connectivity index is 1.11. The maximum atomic E-state index is 12.8. The van der Waals surface area contributed by atoms with Crippen LogP contribution in [0, 0.1) is 0 Å². The van der Waals surface area contributed by atoms with Gasteiger partial charge in [-0.05, 0) is 56.4 Å². The van der Waals surface area contributed by atoms with Crippen LogP contribution >= 0.6 is 11.6 Å². The van der Waals surface area contributed by atoms with Crippen molar-refractivity contribution in [1.82, 2.24) is 19.8 Å². The predicted octanol–water partition coefficient (Wildman–Crippen LogP) is 4.30. The molecule has 2 aromatic rings. The molecule has 1 atom stereocenters. The first kappa shape index (κ1) is 23.4. The van der Waals surface area contributed by atoms with Crippen molar-refractivity contribution in [2.24, 2.45) is 0 Å². The Hall–Kier alpha value is -2.38. The van der Waals surface area contributed by atoms with Gasteiger partial charge in [0.25, 0.3) is 5.91 Å². The van der Waals surface area contributed by atoms with Crippen LogP contribution in [0.3, 0.4) is 0 Å². The Morgan fingerprint density at radius 2 is 1.76 bits per heavy atom. The summed E-state index contributed by atoms with van der Waals surface area (Å²) in [5, 5.41) is 4.20. The number of hydrogen-bond acceptors (Lipinski definition) is 6. The van der Waals surface area contributed by atoms with E-state index in [0.29, 0.717) is 22.7 Å². The summed E-state index contributed by atoms with van der Waals surface area (Å²) in [5.74, 6) is 1.88. The lowest BCUT2D eigenvalue weighted by Crippen LogP contribution is -2.46. The van der Waals surface area contributed by atoms with Crippen molar-refractivity contribution in [2.75, 3.05) is 49.5 Å². The van der Waals surface area contributed by atoms with Crippen LogP contribution in [0.5, 0.6) is 0 Å². The minimum Gasteiger partial charge on any atom is -0.356 e. The fraction of sp³-hybridized carbons (Fsp3) is 0.577. The molecule has 4 heterocycles. The minimum absolute atomic E-state index is 0.0864. The van der Waals surface area contributed by atoms with E-state index in [-0.39, 0.29) is 5.91 Å². The van der Waals surface area contributed by atoms with E-state index in [2.05, 4.69) is 20.1 Å². The van der Waals surface area contributed by atoms with Gasteiger partial charge in [-0.1, -0.05) is 30.5 Å². The number of aromatic nitrogens is 2. The molecule has 1 N–H and O–H groups in total. The van der Waals surface area contributed by atoms with Gasteiger partial charge in [0, 0.05) is 68.1 Å². The Bertz CT molecular complexity index is 971. The van der Waals surface area contributed by atoms with Gasteiger partial charge >= 0.3 is 0 Å². The van der Waals surface area contributed by atoms with Gasteiger partial charge < -0.3 is 15.1 Å². The second-order valence-corrected chi connectivity index (χ2v) is 10.2. The quantitative estimate of drug-likeness (QED) is 0.685. The monoisotopic (exact) mass is 482 g/mol. The first-order valence-corrected chi connectivity index (χ1v) is 13.2. The average Bonchev–Trinajstić information content (AvgIpc) is 3.15. The molecule has 7 nitrogen and oxygen atoms in total. The topological polar surface area (TPSA) is 64.6 Å². The normalized spacial score (nSPS) is 22.6. The van der Waals surface area contributed by atoms with Gasteiger partial charge in [-0.3, -0.25) is 9.69 Å². The molecule has 3 saturated heterocycles. The zero-order chi connectivity index (χ0) is 23.3. The first-order chi connectivity index (χ1) is 16.7. The van der Waals surface area contributed by atoms with Crippen LogP contribution in [0.1, 0.15) is 55.3 Å². The van der Waals surface area contributed by atoms with E-state index in [4.69, 9.17) is 16.6 Å². The molecule has 8 heteroatoms. The molecular formula is C26H35ClN6O. The maximum Gasteiger partial charge on any atom is 0.253 e. The summed E-state index contributed by atoms with van der Waals surface area (Å²) in [7, 11) is 0. The van der Waals surface area contributed by atoms with E-state index in [1.807, 2.05) is 29.3 Å². The number of anilines is 2. The number of amides is 1. The van der Waals surface area contributed by atoms with Crippen LogP contribution < -0.4 is 10.2 Å². The van der Waals surface area contributed by atoms with E-state index in [0.717, 1.165) is 70.3 Å². The lowest BCUT2D eigenvalue weighted by Gasteiger charge is -2.36. The van der Waals surface area contributed by atoms with Crippen LogP contribution in [-0.2, 0) is 0 Å². The van der Waals surface area contributed by atoms with Gasteiger partial charge in [-0.2, -0.15) is 4.98 Å². The smallest absolute Gasteiger partial charge is 0.253 e. The number of nitrogens with zero attached hydrogens (tertiary/aromatic N) is 5. The molecule has 3 fully saturated rings. The van der Waals surface area contributed by atoms with Crippen molar-refractivity contribution in [3.05, 3.63) is 47.1 Å². The SMILES string of the molecule is O=C(c1cccc(Cl)c1)N1CCC(N2CCC(Nc3nccc(N4CCCCCC4)n3)C2)CC1. The summed E-state index contributed by atoms with van der Waals surface area (Å²) in [5.41, 5.74) is 0.679. The molecule has 1 aromatic heterocycles. The largest absolute Gasteiger partial charge is 0.356 e.